The smallest absolute Gasteiger partial charge is 0.241 e. The molecule has 1 N–H and O–H groups in total. The minimum Gasteiger partial charge on any atom is -0.455 e. The van der Waals surface area contributed by atoms with E-state index in [1.165, 1.54) is 0 Å². The molecule has 0 aromatic heterocycles. The van der Waals surface area contributed by atoms with Crippen LogP contribution in [-0.2, 0) is 4.79 Å². The van der Waals surface area contributed by atoms with E-state index in [4.69, 9.17) is 4.74 Å². The van der Waals surface area contributed by atoms with Gasteiger partial charge >= 0.3 is 0 Å². The zero-order chi connectivity index (χ0) is 18.4. The number of ether oxygens (including phenoxy) is 1. The van der Waals surface area contributed by atoms with Crippen molar-refractivity contribution in [2.45, 2.75) is 19.9 Å². The van der Waals surface area contributed by atoms with Crippen LogP contribution >= 0.6 is 0 Å². The third-order valence-electron chi connectivity index (χ3n) is 4.90. The number of nitrogens with zero attached hydrogens (tertiary/aromatic N) is 2. The topological polar surface area (TPSA) is 44.8 Å². The van der Waals surface area contributed by atoms with E-state index in [0.29, 0.717) is 11.4 Å². The number of para-hydroxylation sites is 3. The first-order valence-corrected chi connectivity index (χ1v) is 9.26. The lowest BCUT2D eigenvalue weighted by atomic mass is 10.2. The molecule has 0 aliphatic carbocycles. The number of rotatable bonds is 6. The number of carbonyl (C=O) groups is 1. The van der Waals surface area contributed by atoms with Crippen molar-refractivity contribution in [1.82, 2.24) is 9.80 Å². The normalized spacial score (nSPS) is 16.8. The molecule has 1 aliphatic heterocycles. The summed E-state index contributed by atoms with van der Waals surface area (Å²) in [6, 6.07) is 17.0. The zero-order valence-corrected chi connectivity index (χ0v) is 15.5. The maximum absolute atomic E-state index is 12.7. The first kappa shape index (κ1) is 18.4. The molecule has 1 aliphatic rings. The third-order valence-corrected chi connectivity index (χ3v) is 4.90. The molecule has 1 heterocycles. The van der Waals surface area contributed by atoms with Gasteiger partial charge in [0, 0.05) is 26.2 Å². The van der Waals surface area contributed by atoms with Crippen LogP contribution in [0.3, 0.4) is 0 Å². The molecule has 0 saturated carbocycles. The molecule has 26 heavy (non-hydrogen) atoms. The number of anilines is 1. The van der Waals surface area contributed by atoms with E-state index in [1.54, 1.807) is 0 Å². The van der Waals surface area contributed by atoms with E-state index in [0.717, 1.165) is 38.5 Å². The monoisotopic (exact) mass is 353 g/mol. The molecule has 5 nitrogen and oxygen atoms in total. The molecular formula is C21H27N3O2. The van der Waals surface area contributed by atoms with Gasteiger partial charge in [-0.25, -0.2) is 0 Å². The van der Waals surface area contributed by atoms with Crippen LogP contribution in [0.4, 0.5) is 5.69 Å². The molecule has 1 atom stereocenters. The van der Waals surface area contributed by atoms with Crippen LogP contribution in [0.1, 0.15) is 13.8 Å². The Hall–Kier alpha value is -2.37. The van der Waals surface area contributed by atoms with Gasteiger partial charge in [-0.2, -0.15) is 0 Å². The van der Waals surface area contributed by atoms with Crippen molar-refractivity contribution in [1.29, 1.82) is 0 Å². The fourth-order valence-corrected chi connectivity index (χ4v) is 3.14. The summed E-state index contributed by atoms with van der Waals surface area (Å²) in [5.74, 6) is 1.40. The number of nitrogens with one attached hydrogen (secondary N) is 1. The summed E-state index contributed by atoms with van der Waals surface area (Å²) in [7, 11) is 0. The summed E-state index contributed by atoms with van der Waals surface area (Å²) in [5.41, 5.74) is 0.695. The second kappa shape index (κ2) is 8.83. The van der Waals surface area contributed by atoms with Gasteiger partial charge in [0.2, 0.25) is 5.91 Å². The quantitative estimate of drug-likeness (QED) is 0.864. The summed E-state index contributed by atoms with van der Waals surface area (Å²) >= 11 is 0. The summed E-state index contributed by atoms with van der Waals surface area (Å²) in [4.78, 5) is 17.4. The third kappa shape index (κ3) is 4.62. The Balaban J connectivity index is 1.64. The van der Waals surface area contributed by atoms with E-state index >= 15 is 0 Å². The van der Waals surface area contributed by atoms with Gasteiger partial charge in [0.15, 0.2) is 5.75 Å². The first-order chi connectivity index (χ1) is 12.7. The second-order valence-corrected chi connectivity index (χ2v) is 6.55. The van der Waals surface area contributed by atoms with E-state index < -0.39 is 0 Å². The standard InChI is InChI=1S/C21H27N3O2/c1-3-23-13-15-24(16-14-23)17(2)21(25)22-19-11-7-8-12-20(19)26-18-9-5-4-6-10-18/h4-12,17H,3,13-16H2,1-2H3,(H,22,25). The molecule has 1 fully saturated rings. The predicted molar refractivity (Wildman–Crippen MR) is 105 cm³/mol. The fraction of sp³-hybridized carbons (Fsp3) is 0.381. The lowest BCUT2D eigenvalue weighted by Crippen LogP contribution is -2.52. The van der Waals surface area contributed by atoms with Gasteiger partial charge in [0.1, 0.15) is 5.75 Å². The zero-order valence-electron chi connectivity index (χ0n) is 15.5. The number of hydrogen-bond acceptors (Lipinski definition) is 4. The van der Waals surface area contributed by atoms with Crippen LogP contribution in [0.2, 0.25) is 0 Å². The van der Waals surface area contributed by atoms with Crippen LogP contribution in [0, 0.1) is 0 Å². The van der Waals surface area contributed by atoms with Gasteiger partial charge < -0.3 is 15.0 Å². The highest BCUT2D eigenvalue weighted by molar-refractivity contribution is 5.95. The minimum absolute atomic E-state index is 0.000870. The van der Waals surface area contributed by atoms with Crippen molar-refractivity contribution < 1.29 is 9.53 Å². The average Bonchev–Trinajstić information content (AvgIpc) is 2.69. The van der Waals surface area contributed by atoms with Crippen molar-refractivity contribution in [3.8, 4) is 11.5 Å². The lowest BCUT2D eigenvalue weighted by Gasteiger charge is -2.36. The van der Waals surface area contributed by atoms with Crippen molar-refractivity contribution in [2.75, 3.05) is 38.0 Å². The Morgan fingerprint density at radius 2 is 1.69 bits per heavy atom. The fourth-order valence-electron chi connectivity index (χ4n) is 3.14. The Morgan fingerprint density at radius 1 is 1.04 bits per heavy atom. The summed E-state index contributed by atoms with van der Waals surface area (Å²) in [6.45, 7) is 9.09. The molecule has 0 radical (unpaired) electrons. The molecule has 3 rings (SSSR count). The number of hydrogen-bond donors (Lipinski definition) is 1. The van der Waals surface area contributed by atoms with Gasteiger partial charge in [-0.15, -0.1) is 0 Å². The van der Waals surface area contributed by atoms with Crippen LogP contribution in [0.15, 0.2) is 54.6 Å². The second-order valence-electron chi connectivity index (χ2n) is 6.55. The summed E-state index contributed by atoms with van der Waals surface area (Å²) in [6.07, 6.45) is 0. The maximum atomic E-state index is 12.7. The minimum atomic E-state index is -0.168. The molecular weight excluding hydrogens is 326 g/mol. The van der Waals surface area contributed by atoms with Crippen molar-refractivity contribution >= 4 is 11.6 Å². The van der Waals surface area contributed by atoms with Gasteiger partial charge in [0.05, 0.1) is 11.7 Å². The maximum Gasteiger partial charge on any atom is 0.241 e. The number of carbonyl (C=O) groups excluding carboxylic acids is 1. The molecule has 138 valence electrons. The van der Waals surface area contributed by atoms with E-state index in [2.05, 4.69) is 22.0 Å². The summed E-state index contributed by atoms with van der Waals surface area (Å²) in [5, 5.41) is 3.03. The highest BCUT2D eigenvalue weighted by atomic mass is 16.5. The SMILES string of the molecule is CCN1CCN(C(C)C(=O)Nc2ccccc2Oc2ccccc2)CC1. The summed E-state index contributed by atoms with van der Waals surface area (Å²) < 4.78 is 5.93. The van der Waals surface area contributed by atoms with E-state index in [-0.39, 0.29) is 11.9 Å². The predicted octanol–water partition coefficient (Wildman–Crippen LogP) is 3.44. The number of benzene rings is 2. The Labute approximate surface area is 155 Å². The van der Waals surface area contributed by atoms with Crippen molar-refractivity contribution in [3.05, 3.63) is 54.6 Å². The van der Waals surface area contributed by atoms with E-state index in [1.807, 2.05) is 61.5 Å². The highest BCUT2D eigenvalue weighted by Gasteiger charge is 2.25. The number of amides is 1. The molecule has 1 saturated heterocycles. The van der Waals surface area contributed by atoms with Crippen LogP contribution in [0.25, 0.3) is 0 Å². The Bertz CT molecular complexity index is 712. The van der Waals surface area contributed by atoms with Crippen LogP contribution < -0.4 is 10.1 Å². The van der Waals surface area contributed by atoms with Crippen LogP contribution in [-0.4, -0.2) is 54.5 Å². The molecule has 1 unspecified atom stereocenters. The first-order valence-electron chi connectivity index (χ1n) is 9.26. The molecule has 1 amide bonds. The Morgan fingerprint density at radius 3 is 2.38 bits per heavy atom. The molecule has 0 bridgehead atoms. The molecule has 2 aromatic carbocycles. The lowest BCUT2D eigenvalue weighted by molar-refractivity contribution is -0.121. The Kier molecular flexibility index (Phi) is 6.26. The van der Waals surface area contributed by atoms with Crippen molar-refractivity contribution in [2.24, 2.45) is 0 Å². The largest absolute Gasteiger partial charge is 0.455 e. The molecule has 0 spiro atoms. The molecule has 5 heteroatoms. The van der Waals surface area contributed by atoms with E-state index in [9.17, 15) is 4.79 Å². The average molecular weight is 353 g/mol. The number of piperazine rings is 1. The van der Waals surface area contributed by atoms with Crippen molar-refractivity contribution in [3.63, 3.8) is 0 Å². The van der Waals surface area contributed by atoms with Gasteiger partial charge in [-0.05, 0) is 37.7 Å². The highest BCUT2D eigenvalue weighted by Crippen LogP contribution is 2.29. The van der Waals surface area contributed by atoms with Gasteiger partial charge in [0.25, 0.3) is 0 Å². The molecule has 2 aromatic rings. The van der Waals surface area contributed by atoms with Gasteiger partial charge in [-0.3, -0.25) is 9.69 Å². The van der Waals surface area contributed by atoms with Crippen LogP contribution in [0.5, 0.6) is 11.5 Å². The van der Waals surface area contributed by atoms with Gasteiger partial charge in [-0.1, -0.05) is 37.3 Å². The number of likely N-dealkylation sites (N-methyl/N-ethyl adjacent to an activating group) is 1.